The second kappa shape index (κ2) is 10.4. The quantitative estimate of drug-likeness (QED) is 0.204. The predicted octanol–water partition coefficient (Wildman–Crippen LogP) is 11.7. The Kier molecular flexibility index (Phi) is 6.55. The van der Waals surface area contributed by atoms with Gasteiger partial charge in [0.25, 0.3) is 0 Å². The number of rotatable bonds is 5. The van der Waals surface area contributed by atoms with Crippen LogP contribution in [-0.2, 0) is 10.8 Å². The number of para-hydroxylation sites is 1. The molecule has 1 nitrogen and oxygen atoms in total. The van der Waals surface area contributed by atoms with Crippen molar-refractivity contribution >= 4 is 17.1 Å². The molecule has 210 valence electrons. The molecule has 0 spiro atoms. The van der Waals surface area contributed by atoms with Gasteiger partial charge in [0.05, 0.1) is 0 Å². The highest BCUT2D eigenvalue weighted by Crippen LogP contribution is 2.56. The zero-order valence-corrected chi connectivity index (χ0v) is 25.4. The van der Waals surface area contributed by atoms with Gasteiger partial charge in [-0.1, -0.05) is 143 Å². The highest BCUT2D eigenvalue weighted by Gasteiger charge is 2.46. The van der Waals surface area contributed by atoms with Crippen LogP contribution >= 0.6 is 0 Å². The summed E-state index contributed by atoms with van der Waals surface area (Å²) in [6.45, 7) is 9.59. The number of benzene rings is 6. The average molecular weight is 556 g/mol. The molecule has 0 saturated carbocycles. The molecule has 0 fully saturated rings. The van der Waals surface area contributed by atoms with Crippen molar-refractivity contribution in [3.63, 3.8) is 0 Å². The van der Waals surface area contributed by atoms with Gasteiger partial charge in [0.15, 0.2) is 0 Å². The van der Waals surface area contributed by atoms with Gasteiger partial charge < -0.3 is 4.90 Å². The van der Waals surface area contributed by atoms with Crippen LogP contribution in [0.1, 0.15) is 38.8 Å². The Morgan fingerprint density at radius 3 is 1.56 bits per heavy atom. The summed E-state index contributed by atoms with van der Waals surface area (Å²) in [7, 11) is 0. The maximum absolute atomic E-state index is 2.40. The third-order valence-corrected chi connectivity index (χ3v) is 9.81. The Morgan fingerprint density at radius 1 is 0.372 bits per heavy atom. The number of hydrogen-bond donors (Lipinski definition) is 0. The van der Waals surface area contributed by atoms with E-state index in [0.29, 0.717) is 0 Å². The van der Waals surface area contributed by atoms with Crippen molar-refractivity contribution in [2.45, 2.75) is 38.5 Å². The van der Waals surface area contributed by atoms with E-state index in [2.05, 4.69) is 184 Å². The van der Waals surface area contributed by atoms with E-state index in [1.807, 2.05) is 0 Å². The van der Waals surface area contributed by atoms with E-state index < -0.39 is 0 Å². The molecule has 0 amide bonds. The Bertz CT molecular complexity index is 1910. The molecular formula is C42H37N. The Labute approximate surface area is 256 Å². The Balaban J connectivity index is 1.41. The average Bonchev–Trinajstić information content (AvgIpc) is 3.05. The lowest BCUT2D eigenvalue weighted by Gasteiger charge is -2.48. The summed E-state index contributed by atoms with van der Waals surface area (Å²) in [4.78, 5) is 2.37. The first kappa shape index (κ1) is 27.0. The summed E-state index contributed by atoms with van der Waals surface area (Å²) in [5.41, 5.74) is 13.8. The van der Waals surface area contributed by atoms with E-state index in [1.54, 1.807) is 0 Å². The summed E-state index contributed by atoms with van der Waals surface area (Å²) in [6, 6.07) is 55.1. The molecule has 0 aliphatic heterocycles. The van der Waals surface area contributed by atoms with Gasteiger partial charge in [-0.3, -0.25) is 0 Å². The molecule has 0 heterocycles. The summed E-state index contributed by atoms with van der Waals surface area (Å²) in [5.74, 6) is 0. The SMILES string of the molecule is CC1(C)c2ccccc2-c2c(-c3cccc(N(c4ccccc4)c4cccc(-c5ccccc5)c4)c3)cccc2C1(C)C. The lowest BCUT2D eigenvalue weighted by Crippen LogP contribution is -2.43. The van der Waals surface area contributed by atoms with E-state index in [1.165, 1.54) is 44.5 Å². The minimum absolute atomic E-state index is 0.00490. The van der Waals surface area contributed by atoms with Crippen molar-refractivity contribution in [2.75, 3.05) is 4.90 Å². The molecule has 0 atom stereocenters. The van der Waals surface area contributed by atoms with Crippen LogP contribution in [0.4, 0.5) is 17.1 Å². The molecule has 0 aromatic heterocycles. The van der Waals surface area contributed by atoms with Crippen molar-refractivity contribution in [3.05, 3.63) is 163 Å². The third-order valence-electron chi connectivity index (χ3n) is 9.81. The Hall–Kier alpha value is -4.88. The van der Waals surface area contributed by atoms with Crippen molar-refractivity contribution in [3.8, 4) is 33.4 Å². The van der Waals surface area contributed by atoms with Gasteiger partial charge in [-0.15, -0.1) is 0 Å². The molecule has 43 heavy (non-hydrogen) atoms. The smallest absolute Gasteiger partial charge is 0.0467 e. The molecule has 6 aromatic carbocycles. The van der Waals surface area contributed by atoms with Crippen molar-refractivity contribution < 1.29 is 0 Å². The van der Waals surface area contributed by atoms with E-state index in [0.717, 1.165) is 17.1 Å². The van der Waals surface area contributed by atoms with Gasteiger partial charge in [0.1, 0.15) is 0 Å². The summed E-state index contributed by atoms with van der Waals surface area (Å²) in [6.07, 6.45) is 0. The van der Waals surface area contributed by atoms with Crippen LogP contribution in [0.5, 0.6) is 0 Å². The van der Waals surface area contributed by atoms with Gasteiger partial charge in [-0.2, -0.15) is 0 Å². The van der Waals surface area contributed by atoms with Crippen molar-refractivity contribution in [2.24, 2.45) is 0 Å². The number of hydrogen-bond acceptors (Lipinski definition) is 1. The van der Waals surface area contributed by atoms with E-state index >= 15 is 0 Å². The van der Waals surface area contributed by atoms with E-state index in [9.17, 15) is 0 Å². The lowest BCUT2D eigenvalue weighted by molar-refractivity contribution is 0.299. The number of anilines is 3. The number of nitrogens with zero attached hydrogens (tertiary/aromatic N) is 1. The molecule has 0 unspecified atom stereocenters. The van der Waals surface area contributed by atoms with E-state index in [4.69, 9.17) is 0 Å². The normalized spacial score (nSPS) is 14.4. The minimum atomic E-state index is -0.0295. The molecule has 6 aromatic rings. The highest BCUT2D eigenvalue weighted by atomic mass is 15.1. The molecule has 0 bridgehead atoms. The summed E-state index contributed by atoms with van der Waals surface area (Å²) in [5, 5.41) is 0. The van der Waals surface area contributed by atoms with Gasteiger partial charge in [-0.25, -0.2) is 0 Å². The van der Waals surface area contributed by atoms with Crippen molar-refractivity contribution in [1.29, 1.82) is 0 Å². The lowest BCUT2D eigenvalue weighted by atomic mass is 9.55. The standard InChI is InChI=1S/C42H37N/c1-41(2)38-26-12-11-24-37(38)40-36(25-15-27-39(40)42(41,3)4)32-19-14-23-35(29-32)43(33-20-9-6-10-21-33)34-22-13-18-31(28-34)30-16-7-5-8-17-30/h5-29H,1-4H3. The monoisotopic (exact) mass is 555 g/mol. The molecular weight excluding hydrogens is 518 g/mol. The van der Waals surface area contributed by atoms with Gasteiger partial charge in [0.2, 0.25) is 0 Å². The zero-order chi connectivity index (χ0) is 29.6. The fourth-order valence-corrected chi connectivity index (χ4v) is 6.82. The van der Waals surface area contributed by atoms with Crippen LogP contribution in [0.25, 0.3) is 33.4 Å². The maximum atomic E-state index is 2.40. The van der Waals surface area contributed by atoms with Crippen LogP contribution in [0.3, 0.4) is 0 Å². The van der Waals surface area contributed by atoms with Crippen LogP contribution in [0.15, 0.2) is 152 Å². The second-order valence-corrected chi connectivity index (χ2v) is 12.7. The minimum Gasteiger partial charge on any atom is -0.310 e. The second-order valence-electron chi connectivity index (χ2n) is 12.7. The number of fused-ring (bicyclic) bond motifs is 3. The van der Waals surface area contributed by atoms with Gasteiger partial charge >= 0.3 is 0 Å². The van der Waals surface area contributed by atoms with Crippen LogP contribution in [0.2, 0.25) is 0 Å². The Morgan fingerprint density at radius 2 is 0.837 bits per heavy atom. The molecule has 1 heteroatoms. The third kappa shape index (κ3) is 4.48. The maximum Gasteiger partial charge on any atom is 0.0467 e. The van der Waals surface area contributed by atoms with Crippen molar-refractivity contribution in [1.82, 2.24) is 0 Å². The molecule has 7 rings (SSSR count). The first-order valence-electron chi connectivity index (χ1n) is 15.2. The zero-order valence-electron chi connectivity index (χ0n) is 25.4. The fourth-order valence-electron chi connectivity index (χ4n) is 6.82. The van der Waals surface area contributed by atoms with Crippen LogP contribution in [-0.4, -0.2) is 0 Å². The first-order chi connectivity index (χ1) is 20.9. The molecule has 1 aliphatic carbocycles. The molecule has 0 radical (unpaired) electrons. The summed E-state index contributed by atoms with van der Waals surface area (Å²) >= 11 is 0. The fraction of sp³-hybridized carbons (Fsp3) is 0.143. The highest BCUT2D eigenvalue weighted by molar-refractivity contribution is 5.92. The molecule has 0 N–H and O–H groups in total. The van der Waals surface area contributed by atoms with E-state index in [-0.39, 0.29) is 10.8 Å². The van der Waals surface area contributed by atoms with Crippen LogP contribution < -0.4 is 4.90 Å². The van der Waals surface area contributed by atoms with Gasteiger partial charge in [0, 0.05) is 17.1 Å². The van der Waals surface area contributed by atoms with Crippen LogP contribution in [0, 0.1) is 0 Å². The first-order valence-corrected chi connectivity index (χ1v) is 15.2. The summed E-state index contributed by atoms with van der Waals surface area (Å²) < 4.78 is 0. The largest absolute Gasteiger partial charge is 0.310 e. The topological polar surface area (TPSA) is 3.24 Å². The molecule has 0 saturated heterocycles. The van der Waals surface area contributed by atoms with Gasteiger partial charge in [-0.05, 0) is 91.7 Å². The molecule has 1 aliphatic rings. The predicted molar refractivity (Wildman–Crippen MR) is 183 cm³/mol.